The van der Waals surface area contributed by atoms with Gasteiger partial charge in [0, 0.05) is 0 Å². The van der Waals surface area contributed by atoms with Gasteiger partial charge >= 0.3 is 11.9 Å². The van der Waals surface area contributed by atoms with Crippen LogP contribution in [0.1, 0.15) is 17.3 Å². The van der Waals surface area contributed by atoms with Crippen LogP contribution in [0.15, 0.2) is 65.7 Å². The summed E-state index contributed by atoms with van der Waals surface area (Å²) in [4.78, 5) is 37.3. The van der Waals surface area contributed by atoms with Crippen LogP contribution in [0.3, 0.4) is 0 Å². The molecule has 2 aromatic carbocycles. The molecule has 0 unspecified atom stereocenters. The first kappa shape index (κ1) is 20.7. The molecule has 3 rings (SSSR count). The van der Waals surface area contributed by atoms with Gasteiger partial charge in [0.25, 0.3) is 0 Å². The second-order valence-electron chi connectivity index (χ2n) is 6.15. The highest BCUT2D eigenvalue weighted by Crippen LogP contribution is 2.28. The minimum Gasteiger partial charge on any atom is -0.463 e. The van der Waals surface area contributed by atoms with Gasteiger partial charge in [-0.1, -0.05) is 54.2 Å². The SMILES string of the molecule is CCOC(=O)/C=C1\SCC(=O)N1CCOC(=O)c1ccc(-c2ccccc2)cc1. The van der Waals surface area contributed by atoms with E-state index >= 15 is 0 Å². The fourth-order valence-corrected chi connectivity index (χ4v) is 3.75. The van der Waals surface area contributed by atoms with Crippen molar-refractivity contribution in [2.45, 2.75) is 6.92 Å². The molecule has 0 bridgehead atoms. The van der Waals surface area contributed by atoms with Gasteiger partial charge in [-0.05, 0) is 30.2 Å². The molecule has 150 valence electrons. The van der Waals surface area contributed by atoms with Crippen LogP contribution in [0, 0.1) is 0 Å². The maximum Gasteiger partial charge on any atom is 0.338 e. The summed E-state index contributed by atoms with van der Waals surface area (Å²) >= 11 is 1.26. The van der Waals surface area contributed by atoms with Gasteiger partial charge in [0.15, 0.2) is 0 Å². The monoisotopic (exact) mass is 411 g/mol. The Labute approximate surface area is 173 Å². The van der Waals surface area contributed by atoms with Crippen LogP contribution < -0.4 is 0 Å². The van der Waals surface area contributed by atoms with Crippen LogP contribution in [0.2, 0.25) is 0 Å². The molecule has 0 aromatic heterocycles. The number of ether oxygens (including phenoxy) is 2. The van der Waals surface area contributed by atoms with Crippen LogP contribution >= 0.6 is 11.8 Å². The number of hydrogen-bond donors (Lipinski definition) is 0. The number of carbonyl (C=O) groups excluding carboxylic acids is 3. The number of nitrogens with zero attached hydrogens (tertiary/aromatic N) is 1. The van der Waals surface area contributed by atoms with E-state index in [-0.39, 0.29) is 31.4 Å². The Morgan fingerprint density at radius 3 is 2.41 bits per heavy atom. The largest absolute Gasteiger partial charge is 0.463 e. The minimum absolute atomic E-state index is 0.0335. The number of esters is 2. The molecule has 0 N–H and O–H groups in total. The third kappa shape index (κ3) is 5.48. The molecule has 6 nitrogen and oxygen atoms in total. The van der Waals surface area contributed by atoms with E-state index in [0.717, 1.165) is 11.1 Å². The molecule has 1 aliphatic heterocycles. The van der Waals surface area contributed by atoms with Crippen LogP contribution in [0.4, 0.5) is 0 Å². The molecule has 7 heteroatoms. The lowest BCUT2D eigenvalue weighted by molar-refractivity contribution is -0.137. The summed E-state index contributed by atoms with van der Waals surface area (Å²) in [7, 11) is 0. The first-order chi connectivity index (χ1) is 14.1. The van der Waals surface area contributed by atoms with Crippen molar-refractivity contribution in [3.05, 3.63) is 71.3 Å². The van der Waals surface area contributed by atoms with E-state index in [4.69, 9.17) is 9.47 Å². The van der Waals surface area contributed by atoms with Crippen molar-refractivity contribution in [1.29, 1.82) is 0 Å². The van der Waals surface area contributed by atoms with Gasteiger partial charge in [-0.25, -0.2) is 9.59 Å². The summed E-state index contributed by atoms with van der Waals surface area (Å²) in [6, 6.07) is 17.0. The van der Waals surface area contributed by atoms with Gasteiger partial charge in [-0.15, -0.1) is 0 Å². The number of carbonyl (C=O) groups is 3. The Morgan fingerprint density at radius 2 is 1.72 bits per heavy atom. The molecule has 1 heterocycles. The predicted molar refractivity (Wildman–Crippen MR) is 111 cm³/mol. The lowest BCUT2D eigenvalue weighted by Crippen LogP contribution is -2.29. The minimum atomic E-state index is -0.495. The summed E-state index contributed by atoms with van der Waals surface area (Å²) in [5.41, 5.74) is 2.52. The second kappa shape index (κ2) is 9.93. The zero-order valence-electron chi connectivity index (χ0n) is 16.0. The molecule has 1 aliphatic rings. The maximum absolute atomic E-state index is 12.3. The Balaban J connectivity index is 1.55. The van der Waals surface area contributed by atoms with Crippen molar-refractivity contribution in [2.75, 3.05) is 25.5 Å². The van der Waals surface area contributed by atoms with Gasteiger partial charge in [0.1, 0.15) is 6.61 Å². The number of benzene rings is 2. The van der Waals surface area contributed by atoms with Crippen molar-refractivity contribution in [3.63, 3.8) is 0 Å². The molecular formula is C22H21NO5S. The van der Waals surface area contributed by atoms with E-state index in [0.29, 0.717) is 10.6 Å². The fourth-order valence-electron chi connectivity index (χ4n) is 2.80. The molecule has 0 spiro atoms. The maximum atomic E-state index is 12.3. The molecule has 0 saturated carbocycles. The van der Waals surface area contributed by atoms with Gasteiger partial charge in [0.2, 0.25) is 5.91 Å². The molecule has 1 amide bonds. The molecule has 0 radical (unpaired) electrons. The summed E-state index contributed by atoms with van der Waals surface area (Å²) in [5, 5.41) is 0.511. The third-order valence-electron chi connectivity index (χ3n) is 4.21. The topological polar surface area (TPSA) is 72.9 Å². The molecule has 29 heavy (non-hydrogen) atoms. The number of hydrogen-bond acceptors (Lipinski definition) is 6. The Hall–Kier alpha value is -3.06. The summed E-state index contributed by atoms with van der Waals surface area (Å²) < 4.78 is 10.2. The zero-order valence-corrected chi connectivity index (χ0v) is 16.8. The van der Waals surface area contributed by atoms with Gasteiger partial charge in [0.05, 0.1) is 35.6 Å². The van der Waals surface area contributed by atoms with E-state index in [9.17, 15) is 14.4 Å². The highest BCUT2D eigenvalue weighted by Gasteiger charge is 2.27. The number of rotatable bonds is 7. The molecule has 0 atom stereocenters. The first-order valence-corrected chi connectivity index (χ1v) is 10.2. The highest BCUT2D eigenvalue weighted by atomic mass is 32.2. The molecule has 1 fully saturated rings. The normalized spacial score (nSPS) is 14.9. The lowest BCUT2D eigenvalue weighted by Gasteiger charge is -2.16. The average molecular weight is 411 g/mol. The van der Waals surface area contributed by atoms with Gasteiger partial charge < -0.3 is 14.4 Å². The van der Waals surface area contributed by atoms with Crippen molar-refractivity contribution < 1.29 is 23.9 Å². The fraction of sp³-hybridized carbons (Fsp3) is 0.227. The molecule has 1 saturated heterocycles. The standard InChI is InChI=1S/C22H21NO5S/c1-2-27-21(25)14-20-23(19(24)15-29-20)12-13-28-22(26)18-10-8-17(9-11-18)16-6-4-3-5-7-16/h3-11,14H,2,12-13,15H2,1H3/b20-14-. The summed E-state index contributed by atoms with van der Waals surface area (Å²) in [6.07, 6.45) is 1.29. The van der Waals surface area contributed by atoms with E-state index in [1.165, 1.54) is 22.7 Å². The smallest absolute Gasteiger partial charge is 0.338 e. The van der Waals surface area contributed by atoms with E-state index in [1.807, 2.05) is 42.5 Å². The van der Waals surface area contributed by atoms with Crippen molar-refractivity contribution >= 4 is 29.6 Å². The van der Waals surface area contributed by atoms with E-state index in [2.05, 4.69) is 0 Å². The molecular weight excluding hydrogens is 390 g/mol. The summed E-state index contributed by atoms with van der Waals surface area (Å²) in [6.45, 7) is 2.20. The van der Waals surface area contributed by atoms with Crippen molar-refractivity contribution in [1.82, 2.24) is 4.90 Å². The van der Waals surface area contributed by atoms with Crippen LogP contribution in [-0.2, 0) is 19.1 Å². The third-order valence-corrected chi connectivity index (χ3v) is 5.24. The van der Waals surface area contributed by atoms with E-state index < -0.39 is 11.9 Å². The second-order valence-corrected chi connectivity index (χ2v) is 7.14. The highest BCUT2D eigenvalue weighted by molar-refractivity contribution is 8.04. The van der Waals surface area contributed by atoms with Crippen molar-refractivity contribution in [3.8, 4) is 11.1 Å². The predicted octanol–water partition coefficient (Wildman–Crippen LogP) is 3.49. The summed E-state index contributed by atoms with van der Waals surface area (Å²) in [5.74, 6) is -0.834. The first-order valence-electron chi connectivity index (χ1n) is 9.22. The van der Waals surface area contributed by atoms with Crippen LogP contribution in [0.5, 0.6) is 0 Å². The average Bonchev–Trinajstić information content (AvgIpc) is 3.08. The molecule has 2 aromatic rings. The van der Waals surface area contributed by atoms with Crippen LogP contribution in [0.25, 0.3) is 11.1 Å². The van der Waals surface area contributed by atoms with Gasteiger partial charge in [-0.2, -0.15) is 0 Å². The lowest BCUT2D eigenvalue weighted by atomic mass is 10.0. The number of thioether (sulfide) groups is 1. The van der Waals surface area contributed by atoms with Gasteiger partial charge in [-0.3, -0.25) is 4.79 Å². The zero-order chi connectivity index (χ0) is 20.6. The van der Waals surface area contributed by atoms with Crippen molar-refractivity contribution in [2.24, 2.45) is 0 Å². The quantitative estimate of drug-likeness (QED) is 0.513. The van der Waals surface area contributed by atoms with Crippen LogP contribution in [-0.4, -0.2) is 48.3 Å². The van der Waals surface area contributed by atoms with E-state index in [1.54, 1.807) is 19.1 Å². The Morgan fingerprint density at radius 1 is 1.03 bits per heavy atom. The number of amides is 1. The Bertz CT molecular complexity index is 909. The molecule has 0 aliphatic carbocycles. The Kier molecular flexibility index (Phi) is 7.08.